The molecule has 0 aliphatic heterocycles. The summed E-state index contributed by atoms with van der Waals surface area (Å²) >= 11 is 0. The van der Waals surface area contributed by atoms with Crippen LogP contribution >= 0.6 is 0 Å². The maximum absolute atomic E-state index is 12.8. The van der Waals surface area contributed by atoms with Crippen molar-refractivity contribution in [2.24, 2.45) is 4.99 Å². The van der Waals surface area contributed by atoms with Gasteiger partial charge < -0.3 is 9.64 Å². The van der Waals surface area contributed by atoms with E-state index in [1.165, 1.54) is 12.3 Å². The summed E-state index contributed by atoms with van der Waals surface area (Å²) in [4.78, 5) is 6.36. The van der Waals surface area contributed by atoms with E-state index in [1.807, 2.05) is 26.2 Å². The Balaban J connectivity index is 2.08. The van der Waals surface area contributed by atoms with Crippen molar-refractivity contribution in [1.29, 1.82) is 0 Å². The van der Waals surface area contributed by atoms with E-state index in [2.05, 4.69) is 9.89 Å². The molecule has 0 heterocycles. The number of nitrogens with zero attached hydrogens (tertiary/aromatic N) is 2. The standard InChI is InChI=1S/C19H21F3N2O/c1-24(2)11-6-12-25-18-10-4-3-9-17(18)23-14-15-7-5-8-16(13-15)19(20,21)22/h3-5,7-10,13-14H,6,11-12H2,1-2H3/b23-14+. The van der Waals surface area contributed by atoms with Crippen LogP contribution in [0.5, 0.6) is 5.75 Å². The molecule has 0 amide bonds. The fourth-order valence-electron chi connectivity index (χ4n) is 2.19. The first-order chi connectivity index (χ1) is 11.9. The molecular formula is C19H21F3N2O. The molecule has 0 unspecified atom stereocenters. The molecule has 0 N–H and O–H groups in total. The summed E-state index contributed by atoms with van der Waals surface area (Å²) in [7, 11) is 3.99. The van der Waals surface area contributed by atoms with Crippen LogP contribution < -0.4 is 4.74 Å². The van der Waals surface area contributed by atoms with Gasteiger partial charge in [-0.25, -0.2) is 0 Å². The zero-order valence-electron chi connectivity index (χ0n) is 14.3. The highest BCUT2D eigenvalue weighted by Gasteiger charge is 2.30. The summed E-state index contributed by atoms with van der Waals surface area (Å²) in [6, 6.07) is 12.3. The molecule has 3 nitrogen and oxygen atoms in total. The lowest BCUT2D eigenvalue weighted by atomic mass is 10.1. The number of hydrogen-bond donors (Lipinski definition) is 0. The Morgan fingerprint density at radius 2 is 1.84 bits per heavy atom. The Labute approximate surface area is 145 Å². The average Bonchev–Trinajstić information content (AvgIpc) is 2.57. The molecule has 2 rings (SSSR count). The zero-order chi connectivity index (χ0) is 18.3. The van der Waals surface area contributed by atoms with Crippen molar-refractivity contribution >= 4 is 11.9 Å². The zero-order valence-corrected chi connectivity index (χ0v) is 14.3. The van der Waals surface area contributed by atoms with Gasteiger partial charge in [-0.15, -0.1) is 0 Å². The topological polar surface area (TPSA) is 24.8 Å². The van der Waals surface area contributed by atoms with E-state index in [9.17, 15) is 13.2 Å². The van der Waals surface area contributed by atoms with Crippen molar-refractivity contribution in [3.05, 3.63) is 59.7 Å². The number of hydrogen-bond acceptors (Lipinski definition) is 3. The molecule has 2 aromatic rings. The fraction of sp³-hybridized carbons (Fsp3) is 0.316. The van der Waals surface area contributed by atoms with Gasteiger partial charge in [0.1, 0.15) is 11.4 Å². The highest BCUT2D eigenvalue weighted by Crippen LogP contribution is 2.30. The summed E-state index contributed by atoms with van der Waals surface area (Å²) in [6.07, 6.45) is -2.08. The Morgan fingerprint density at radius 3 is 2.56 bits per heavy atom. The van der Waals surface area contributed by atoms with E-state index in [4.69, 9.17) is 4.74 Å². The van der Waals surface area contributed by atoms with Crippen molar-refractivity contribution in [1.82, 2.24) is 4.90 Å². The number of rotatable bonds is 7. The Hall–Kier alpha value is -2.34. The van der Waals surface area contributed by atoms with Crippen LogP contribution in [0.4, 0.5) is 18.9 Å². The maximum atomic E-state index is 12.8. The molecule has 0 radical (unpaired) electrons. The van der Waals surface area contributed by atoms with Gasteiger partial charge in [-0.1, -0.05) is 24.3 Å². The number of benzene rings is 2. The summed E-state index contributed by atoms with van der Waals surface area (Å²) in [6.45, 7) is 1.46. The number of aliphatic imine (C=N–C) groups is 1. The van der Waals surface area contributed by atoms with Gasteiger partial charge in [0.05, 0.1) is 12.2 Å². The highest BCUT2D eigenvalue weighted by atomic mass is 19.4. The molecule has 0 spiro atoms. The minimum absolute atomic E-state index is 0.386. The van der Waals surface area contributed by atoms with Crippen molar-refractivity contribution in [2.45, 2.75) is 12.6 Å². The van der Waals surface area contributed by atoms with E-state index >= 15 is 0 Å². The van der Waals surface area contributed by atoms with Crippen LogP contribution in [-0.2, 0) is 6.18 Å². The predicted molar refractivity (Wildman–Crippen MR) is 93.8 cm³/mol. The van der Waals surface area contributed by atoms with Crippen LogP contribution in [0, 0.1) is 0 Å². The van der Waals surface area contributed by atoms with Crippen molar-refractivity contribution < 1.29 is 17.9 Å². The summed E-state index contributed by atoms with van der Waals surface area (Å²) < 4.78 is 44.0. The number of ether oxygens (including phenoxy) is 1. The second kappa shape index (κ2) is 8.67. The molecular weight excluding hydrogens is 329 g/mol. The summed E-state index contributed by atoms with van der Waals surface area (Å²) in [5.74, 6) is 0.615. The number of halogens is 3. The monoisotopic (exact) mass is 350 g/mol. The molecule has 0 saturated heterocycles. The van der Waals surface area contributed by atoms with Crippen molar-refractivity contribution in [2.75, 3.05) is 27.2 Å². The Morgan fingerprint density at radius 1 is 1.08 bits per heavy atom. The molecule has 0 aliphatic carbocycles. The molecule has 0 bridgehead atoms. The highest BCUT2D eigenvalue weighted by molar-refractivity contribution is 5.83. The summed E-state index contributed by atoms with van der Waals surface area (Å²) in [5.41, 5.74) is 0.284. The largest absolute Gasteiger partial charge is 0.491 e. The first kappa shape index (κ1) is 19.0. The van der Waals surface area contributed by atoms with Gasteiger partial charge in [-0.3, -0.25) is 4.99 Å². The van der Waals surface area contributed by atoms with Gasteiger partial charge in [-0.05, 0) is 50.3 Å². The molecule has 0 atom stereocenters. The second-order valence-electron chi connectivity index (χ2n) is 5.85. The van der Waals surface area contributed by atoms with Gasteiger partial charge in [0.25, 0.3) is 0 Å². The van der Waals surface area contributed by atoms with Gasteiger partial charge in [0.15, 0.2) is 0 Å². The lowest BCUT2D eigenvalue weighted by molar-refractivity contribution is -0.137. The Kier molecular flexibility index (Phi) is 6.58. The predicted octanol–water partition coefficient (Wildman–Crippen LogP) is 4.79. The third-order valence-corrected chi connectivity index (χ3v) is 3.44. The van der Waals surface area contributed by atoms with Gasteiger partial charge in [0, 0.05) is 12.8 Å². The van der Waals surface area contributed by atoms with E-state index in [-0.39, 0.29) is 0 Å². The lowest BCUT2D eigenvalue weighted by Crippen LogP contribution is -2.15. The maximum Gasteiger partial charge on any atom is 0.416 e. The molecule has 6 heteroatoms. The van der Waals surface area contributed by atoms with Crippen LogP contribution in [0.15, 0.2) is 53.5 Å². The van der Waals surface area contributed by atoms with E-state index in [1.54, 1.807) is 18.2 Å². The smallest absolute Gasteiger partial charge is 0.416 e. The lowest BCUT2D eigenvalue weighted by Gasteiger charge is -2.11. The van der Waals surface area contributed by atoms with Crippen LogP contribution in [-0.4, -0.2) is 38.4 Å². The van der Waals surface area contributed by atoms with Crippen molar-refractivity contribution in [3.63, 3.8) is 0 Å². The van der Waals surface area contributed by atoms with Crippen LogP contribution in [0.3, 0.4) is 0 Å². The van der Waals surface area contributed by atoms with Crippen molar-refractivity contribution in [3.8, 4) is 5.75 Å². The third kappa shape index (κ3) is 6.23. The normalized spacial score (nSPS) is 12.1. The van der Waals surface area contributed by atoms with Gasteiger partial charge >= 0.3 is 6.18 Å². The van der Waals surface area contributed by atoms with Crippen LogP contribution in [0.2, 0.25) is 0 Å². The SMILES string of the molecule is CN(C)CCCOc1ccccc1/N=C/c1cccc(C(F)(F)F)c1. The van der Waals surface area contributed by atoms with Gasteiger partial charge in [0.2, 0.25) is 0 Å². The molecule has 134 valence electrons. The number of alkyl halides is 3. The Bertz CT molecular complexity index is 712. The number of para-hydroxylation sites is 2. The molecule has 0 aliphatic rings. The molecule has 0 fully saturated rings. The third-order valence-electron chi connectivity index (χ3n) is 3.44. The average molecular weight is 350 g/mol. The van der Waals surface area contributed by atoms with Crippen LogP contribution in [0.1, 0.15) is 17.5 Å². The van der Waals surface area contributed by atoms with E-state index in [0.717, 1.165) is 25.1 Å². The van der Waals surface area contributed by atoms with E-state index in [0.29, 0.717) is 23.6 Å². The first-order valence-electron chi connectivity index (χ1n) is 7.94. The molecule has 0 aromatic heterocycles. The minimum Gasteiger partial charge on any atom is -0.491 e. The molecule has 0 saturated carbocycles. The summed E-state index contributed by atoms with van der Waals surface area (Å²) in [5, 5.41) is 0. The van der Waals surface area contributed by atoms with Crippen LogP contribution in [0.25, 0.3) is 0 Å². The van der Waals surface area contributed by atoms with Gasteiger partial charge in [-0.2, -0.15) is 13.2 Å². The second-order valence-corrected chi connectivity index (χ2v) is 5.85. The quantitative estimate of drug-likeness (QED) is 0.530. The van der Waals surface area contributed by atoms with E-state index < -0.39 is 11.7 Å². The minimum atomic E-state index is -4.36. The first-order valence-corrected chi connectivity index (χ1v) is 7.94. The fourth-order valence-corrected chi connectivity index (χ4v) is 2.19. The molecule has 25 heavy (non-hydrogen) atoms. The molecule has 2 aromatic carbocycles.